The van der Waals surface area contributed by atoms with Crippen LogP contribution >= 0.6 is 0 Å². The van der Waals surface area contributed by atoms with Gasteiger partial charge in [0.1, 0.15) is 11.4 Å². The normalized spacial score (nSPS) is 22.2. The highest BCUT2D eigenvalue weighted by atomic mass is 16.6. The second-order valence-corrected chi connectivity index (χ2v) is 4.80. The van der Waals surface area contributed by atoms with E-state index in [2.05, 4.69) is 0 Å². The van der Waals surface area contributed by atoms with Gasteiger partial charge in [0, 0.05) is 11.1 Å². The third-order valence-electron chi connectivity index (χ3n) is 3.33. The van der Waals surface area contributed by atoms with Crippen molar-refractivity contribution in [1.29, 1.82) is 0 Å². The summed E-state index contributed by atoms with van der Waals surface area (Å²) < 4.78 is 10.7. The maximum atomic E-state index is 11.8. The fourth-order valence-electron chi connectivity index (χ4n) is 1.81. The molecule has 0 radical (unpaired) electrons. The van der Waals surface area contributed by atoms with E-state index in [4.69, 9.17) is 9.47 Å². The molecule has 1 aromatic carbocycles. The molecule has 1 N–H and O–H groups in total. The molecule has 4 nitrogen and oxygen atoms in total. The van der Waals surface area contributed by atoms with Gasteiger partial charge < -0.3 is 14.6 Å². The van der Waals surface area contributed by atoms with Crippen LogP contribution in [-0.2, 0) is 15.1 Å². The highest BCUT2D eigenvalue weighted by Gasteiger charge is 2.48. The minimum absolute atomic E-state index is 0.122. The molecule has 0 aliphatic carbocycles. The van der Waals surface area contributed by atoms with E-state index in [-0.39, 0.29) is 12.6 Å². The van der Waals surface area contributed by atoms with Crippen molar-refractivity contribution in [3.05, 3.63) is 41.0 Å². The van der Waals surface area contributed by atoms with Crippen LogP contribution in [0.15, 0.2) is 29.8 Å². The molecule has 102 valence electrons. The number of allylic oxidation sites excluding steroid dienone is 1. The van der Waals surface area contributed by atoms with Crippen LogP contribution in [-0.4, -0.2) is 24.3 Å². The Hall–Kier alpha value is -1.65. The van der Waals surface area contributed by atoms with Gasteiger partial charge in [-0.1, -0.05) is 18.2 Å². The highest BCUT2D eigenvalue weighted by molar-refractivity contribution is 5.89. The first-order valence-electron chi connectivity index (χ1n) is 6.23. The first-order chi connectivity index (χ1) is 9.02. The zero-order valence-corrected chi connectivity index (χ0v) is 11.4. The lowest BCUT2D eigenvalue weighted by Crippen LogP contribution is -2.18. The molecule has 1 aliphatic rings. The van der Waals surface area contributed by atoms with Gasteiger partial charge >= 0.3 is 5.97 Å². The number of aliphatic hydroxyl groups is 1. The predicted octanol–water partition coefficient (Wildman–Crippen LogP) is 2.08. The summed E-state index contributed by atoms with van der Waals surface area (Å²) in [6.45, 7) is 5.73. The fourth-order valence-corrected chi connectivity index (χ4v) is 1.81. The first-order valence-corrected chi connectivity index (χ1v) is 6.23. The van der Waals surface area contributed by atoms with Gasteiger partial charge in [0.15, 0.2) is 0 Å². The van der Waals surface area contributed by atoms with Crippen LogP contribution in [0.25, 0.3) is 0 Å². The molecule has 4 heteroatoms. The van der Waals surface area contributed by atoms with Crippen molar-refractivity contribution in [2.45, 2.75) is 26.4 Å². The Morgan fingerprint density at radius 3 is 2.79 bits per heavy atom. The summed E-state index contributed by atoms with van der Waals surface area (Å²) >= 11 is 0. The van der Waals surface area contributed by atoms with Crippen molar-refractivity contribution in [2.24, 2.45) is 0 Å². The molecule has 0 saturated carbocycles. The number of carbonyl (C=O) groups excluding carboxylic acids is 1. The van der Waals surface area contributed by atoms with Crippen LogP contribution in [0.2, 0.25) is 0 Å². The summed E-state index contributed by atoms with van der Waals surface area (Å²) in [5.74, 6) is 0.0702. The first kappa shape index (κ1) is 13.8. The summed E-state index contributed by atoms with van der Waals surface area (Å²) in [4.78, 5) is 11.8. The lowest BCUT2D eigenvalue weighted by Gasteiger charge is -2.15. The molecule has 0 amide bonds. The van der Waals surface area contributed by atoms with Crippen LogP contribution in [0.4, 0.5) is 0 Å². The number of esters is 1. The van der Waals surface area contributed by atoms with E-state index in [1.54, 1.807) is 26.0 Å². The van der Waals surface area contributed by atoms with Gasteiger partial charge in [-0.15, -0.1) is 0 Å². The number of rotatable bonds is 4. The van der Waals surface area contributed by atoms with Gasteiger partial charge in [0.25, 0.3) is 0 Å². The Kier molecular flexibility index (Phi) is 3.73. The maximum Gasteiger partial charge on any atom is 0.338 e. The lowest BCUT2D eigenvalue weighted by molar-refractivity contribution is -0.130. The third kappa shape index (κ3) is 2.69. The molecule has 1 aliphatic heterocycles. The topological polar surface area (TPSA) is 59.1 Å². The molecular weight excluding hydrogens is 244 g/mol. The van der Waals surface area contributed by atoms with E-state index >= 15 is 0 Å². The summed E-state index contributed by atoms with van der Waals surface area (Å²) in [7, 11) is 0. The fraction of sp³-hybridized carbons (Fsp3) is 0.400. The molecule has 0 spiro atoms. The molecule has 0 bridgehead atoms. The molecule has 1 atom stereocenters. The van der Waals surface area contributed by atoms with Gasteiger partial charge in [-0.05, 0) is 32.4 Å². The molecule has 1 heterocycles. The van der Waals surface area contributed by atoms with Crippen LogP contribution in [0.5, 0.6) is 5.75 Å². The number of ether oxygens (including phenoxy) is 2. The Labute approximate surface area is 112 Å². The number of aliphatic hydroxyl groups excluding tert-OH is 1. The van der Waals surface area contributed by atoms with Crippen molar-refractivity contribution >= 4 is 5.97 Å². The summed E-state index contributed by atoms with van der Waals surface area (Å²) in [5, 5.41) is 9.42. The highest BCUT2D eigenvalue weighted by Crippen LogP contribution is 2.43. The Morgan fingerprint density at radius 2 is 2.26 bits per heavy atom. The van der Waals surface area contributed by atoms with E-state index in [1.807, 2.05) is 19.1 Å². The quantitative estimate of drug-likeness (QED) is 0.390. The van der Waals surface area contributed by atoms with Crippen molar-refractivity contribution in [3.8, 4) is 5.75 Å². The standard InChI is InChI=1S/C15H18O4/c1-4-11(3)14(17)19-13-7-10(2)5-6-12(13)15(8-16)9-18-15/h4-7,16H,8-9H2,1-3H3/b11-4-/t15-/m0/s1. The van der Waals surface area contributed by atoms with E-state index in [0.717, 1.165) is 11.1 Å². The molecule has 2 rings (SSSR count). The Bertz CT molecular complexity index is 527. The zero-order chi connectivity index (χ0) is 14.0. The van der Waals surface area contributed by atoms with Crippen LogP contribution < -0.4 is 4.74 Å². The van der Waals surface area contributed by atoms with Crippen molar-refractivity contribution in [1.82, 2.24) is 0 Å². The minimum atomic E-state index is -0.701. The number of aryl methyl sites for hydroxylation is 1. The minimum Gasteiger partial charge on any atom is -0.423 e. The van der Waals surface area contributed by atoms with Gasteiger partial charge in [-0.2, -0.15) is 0 Å². The van der Waals surface area contributed by atoms with E-state index < -0.39 is 5.60 Å². The largest absolute Gasteiger partial charge is 0.423 e. The van der Waals surface area contributed by atoms with Gasteiger partial charge in [0.05, 0.1) is 13.2 Å². The second kappa shape index (κ2) is 5.15. The van der Waals surface area contributed by atoms with Gasteiger partial charge in [0.2, 0.25) is 0 Å². The van der Waals surface area contributed by atoms with E-state index in [1.165, 1.54) is 0 Å². The number of epoxide rings is 1. The molecule has 0 unspecified atom stereocenters. The molecule has 1 saturated heterocycles. The average Bonchev–Trinajstić information content (AvgIpc) is 3.18. The van der Waals surface area contributed by atoms with Crippen LogP contribution in [0.1, 0.15) is 25.0 Å². The maximum absolute atomic E-state index is 11.8. The summed E-state index contributed by atoms with van der Waals surface area (Å²) in [6, 6.07) is 5.54. The summed E-state index contributed by atoms with van der Waals surface area (Å²) in [5.41, 5.74) is 1.55. The van der Waals surface area contributed by atoms with Crippen molar-refractivity contribution in [3.63, 3.8) is 0 Å². The predicted molar refractivity (Wildman–Crippen MR) is 71.0 cm³/mol. The smallest absolute Gasteiger partial charge is 0.338 e. The molecule has 19 heavy (non-hydrogen) atoms. The number of hydrogen-bond donors (Lipinski definition) is 1. The SMILES string of the molecule is C/C=C(/C)C(=O)Oc1cc(C)ccc1[C@]1(CO)CO1. The average molecular weight is 262 g/mol. The van der Waals surface area contributed by atoms with Crippen molar-refractivity contribution < 1.29 is 19.4 Å². The molecule has 0 aromatic heterocycles. The van der Waals surface area contributed by atoms with Crippen molar-refractivity contribution in [2.75, 3.05) is 13.2 Å². The van der Waals surface area contributed by atoms with Crippen LogP contribution in [0, 0.1) is 6.92 Å². The zero-order valence-electron chi connectivity index (χ0n) is 11.4. The third-order valence-corrected chi connectivity index (χ3v) is 3.33. The van der Waals surface area contributed by atoms with E-state index in [0.29, 0.717) is 17.9 Å². The molecular formula is C15H18O4. The molecule has 1 fully saturated rings. The number of benzene rings is 1. The van der Waals surface area contributed by atoms with Gasteiger partial charge in [-0.25, -0.2) is 4.79 Å². The summed E-state index contributed by atoms with van der Waals surface area (Å²) in [6.07, 6.45) is 1.70. The Morgan fingerprint density at radius 1 is 1.58 bits per heavy atom. The van der Waals surface area contributed by atoms with Crippen LogP contribution in [0.3, 0.4) is 0 Å². The van der Waals surface area contributed by atoms with Gasteiger partial charge in [-0.3, -0.25) is 0 Å². The number of hydrogen-bond acceptors (Lipinski definition) is 4. The molecule has 1 aromatic rings. The Balaban J connectivity index is 2.34. The lowest BCUT2D eigenvalue weighted by atomic mass is 9.98. The second-order valence-electron chi connectivity index (χ2n) is 4.80. The number of carbonyl (C=O) groups is 1. The monoisotopic (exact) mass is 262 g/mol. The van der Waals surface area contributed by atoms with E-state index in [9.17, 15) is 9.90 Å².